The van der Waals surface area contributed by atoms with Gasteiger partial charge < -0.3 is 4.90 Å². The van der Waals surface area contributed by atoms with Crippen molar-refractivity contribution >= 4 is 59.3 Å². The van der Waals surface area contributed by atoms with E-state index in [1.807, 2.05) is 11.3 Å². The Morgan fingerprint density at radius 1 is 0.426 bits per heavy atom. The molecule has 9 aromatic rings. The van der Waals surface area contributed by atoms with Crippen LogP contribution in [0.2, 0.25) is 0 Å². The minimum Gasteiger partial charge on any atom is -0.310 e. The highest BCUT2D eigenvalue weighted by Crippen LogP contribution is 2.55. The molecule has 0 N–H and O–H groups in total. The topological polar surface area (TPSA) is 3.24 Å². The average molecular weight is 710 g/mol. The van der Waals surface area contributed by atoms with E-state index < -0.39 is 0 Å². The van der Waals surface area contributed by atoms with Crippen molar-refractivity contribution in [2.24, 2.45) is 0 Å². The largest absolute Gasteiger partial charge is 0.310 e. The molecule has 1 heterocycles. The van der Waals surface area contributed by atoms with Gasteiger partial charge in [0.2, 0.25) is 0 Å². The maximum atomic E-state index is 2.50. The van der Waals surface area contributed by atoms with Crippen LogP contribution < -0.4 is 4.90 Å². The minimum atomic E-state index is -0.0891. The molecule has 2 aliphatic carbocycles. The van der Waals surface area contributed by atoms with Gasteiger partial charge in [-0.2, -0.15) is 0 Å². The second-order valence-electron chi connectivity index (χ2n) is 16.1. The third-order valence-corrected chi connectivity index (χ3v) is 13.6. The molecular formula is C52H39NS. The van der Waals surface area contributed by atoms with Crippen molar-refractivity contribution < 1.29 is 0 Å². The average Bonchev–Trinajstić information content (AvgIpc) is 3.78. The zero-order chi connectivity index (χ0) is 36.3. The summed E-state index contributed by atoms with van der Waals surface area (Å²) in [6.45, 7) is 9.45. The summed E-state index contributed by atoms with van der Waals surface area (Å²) in [6, 6.07) is 61.5. The van der Waals surface area contributed by atoms with E-state index in [1.165, 1.54) is 98.0 Å². The summed E-state index contributed by atoms with van der Waals surface area (Å²) in [5.41, 5.74) is 16.7. The standard InChI is InChI=1S/C52H39NS/c1-51(2)42-16-9-7-14-38(42)40-31-36(26-27-44(40)51)53(46-19-11-18-45-50(46)39-15-8-10-17-43(39)52(45,3)4)35-24-20-32(21-25-35)34-23-28-47-41(30-34)49-37-13-6-5-12-33(37)22-29-48(49)54-47/h5-31H,1-4H3. The fourth-order valence-corrected chi connectivity index (χ4v) is 10.8. The highest BCUT2D eigenvalue weighted by atomic mass is 32.1. The van der Waals surface area contributed by atoms with Gasteiger partial charge in [0, 0.05) is 47.9 Å². The zero-order valence-corrected chi connectivity index (χ0v) is 31.8. The van der Waals surface area contributed by atoms with Gasteiger partial charge in [0.25, 0.3) is 0 Å². The van der Waals surface area contributed by atoms with Crippen molar-refractivity contribution in [1.82, 2.24) is 0 Å². The molecule has 0 fully saturated rings. The number of anilines is 3. The van der Waals surface area contributed by atoms with E-state index in [1.54, 1.807) is 0 Å². The monoisotopic (exact) mass is 709 g/mol. The highest BCUT2D eigenvalue weighted by molar-refractivity contribution is 7.26. The third kappa shape index (κ3) is 4.38. The molecule has 0 bridgehead atoms. The fraction of sp³-hybridized carbons (Fsp3) is 0.115. The van der Waals surface area contributed by atoms with E-state index in [0.29, 0.717) is 0 Å². The minimum absolute atomic E-state index is 0.0466. The van der Waals surface area contributed by atoms with E-state index in [9.17, 15) is 0 Å². The number of fused-ring (bicyclic) bond motifs is 11. The van der Waals surface area contributed by atoms with Gasteiger partial charge in [-0.3, -0.25) is 0 Å². The second-order valence-corrected chi connectivity index (χ2v) is 17.2. The first kappa shape index (κ1) is 31.6. The van der Waals surface area contributed by atoms with Crippen LogP contribution in [0.3, 0.4) is 0 Å². The molecule has 2 aliphatic rings. The summed E-state index contributed by atoms with van der Waals surface area (Å²) in [5.74, 6) is 0. The number of hydrogen-bond donors (Lipinski definition) is 0. The molecule has 0 amide bonds. The first-order valence-electron chi connectivity index (χ1n) is 19.0. The molecule has 0 saturated carbocycles. The number of benzene rings is 8. The normalized spacial score (nSPS) is 14.6. The van der Waals surface area contributed by atoms with E-state index in [0.717, 1.165) is 5.69 Å². The van der Waals surface area contributed by atoms with Gasteiger partial charge in [-0.1, -0.05) is 143 Å². The molecule has 0 unspecified atom stereocenters. The molecular weight excluding hydrogens is 671 g/mol. The Bertz CT molecular complexity index is 3000. The Hall–Kier alpha value is -5.96. The molecule has 0 saturated heterocycles. The van der Waals surface area contributed by atoms with Crippen LogP contribution >= 0.6 is 11.3 Å². The Morgan fingerprint density at radius 3 is 1.89 bits per heavy atom. The van der Waals surface area contributed by atoms with E-state index in [2.05, 4.69) is 196 Å². The molecule has 0 radical (unpaired) electrons. The van der Waals surface area contributed by atoms with Crippen LogP contribution in [-0.2, 0) is 10.8 Å². The molecule has 258 valence electrons. The number of rotatable bonds is 4. The van der Waals surface area contributed by atoms with Crippen LogP contribution in [0.1, 0.15) is 49.9 Å². The van der Waals surface area contributed by atoms with Crippen molar-refractivity contribution in [2.75, 3.05) is 4.90 Å². The van der Waals surface area contributed by atoms with Crippen LogP contribution in [0.25, 0.3) is 64.3 Å². The van der Waals surface area contributed by atoms with Gasteiger partial charge in [0.1, 0.15) is 0 Å². The molecule has 0 aliphatic heterocycles. The second kappa shape index (κ2) is 11.3. The Kier molecular flexibility index (Phi) is 6.59. The Labute approximate surface area is 320 Å². The predicted molar refractivity (Wildman–Crippen MR) is 232 cm³/mol. The number of thiophene rings is 1. The van der Waals surface area contributed by atoms with Crippen LogP contribution in [0.5, 0.6) is 0 Å². The maximum absolute atomic E-state index is 2.50. The Morgan fingerprint density at radius 2 is 1.06 bits per heavy atom. The summed E-state index contributed by atoms with van der Waals surface area (Å²) in [5, 5.41) is 5.30. The molecule has 0 atom stereocenters. The van der Waals surface area contributed by atoms with E-state index in [-0.39, 0.29) is 10.8 Å². The lowest BCUT2D eigenvalue weighted by molar-refractivity contribution is 0.660. The van der Waals surface area contributed by atoms with Crippen LogP contribution in [0, 0.1) is 0 Å². The van der Waals surface area contributed by atoms with Gasteiger partial charge in [0.15, 0.2) is 0 Å². The van der Waals surface area contributed by atoms with Crippen LogP contribution in [-0.4, -0.2) is 0 Å². The van der Waals surface area contributed by atoms with Gasteiger partial charge in [-0.15, -0.1) is 11.3 Å². The molecule has 11 rings (SSSR count). The first-order chi connectivity index (χ1) is 26.3. The van der Waals surface area contributed by atoms with Gasteiger partial charge >= 0.3 is 0 Å². The highest BCUT2D eigenvalue weighted by Gasteiger charge is 2.39. The quantitative estimate of drug-likeness (QED) is 0.176. The third-order valence-electron chi connectivity index (χ3n) is 12.5. The molecule has 2 heteroatoms. The van der Waals surface area contributed by atoms with Gasteiger partial charge in [-0.05, 0) is 109 Å². The smallest absolute Gasteiger partial charge is 0.0543 e. The number of hydrogen-bond acceptors (Lipinski definition) is 2. The number of nitrogens with zero attached hydrogens (tertiary/aromatic N) is 1. The van der Waals surface area contributed by atoms with Gasteiger partial charge in [-0.25, -0.2) is 0 Å². The van der Waals surface area contributed by atoms with E-state index >= 15 is 0 Å². The van der Waals surface area contributed by atoms with Crippen molar-refractivity contribution in [2.45, 2.75) is 38.5 Å². The summed E-state index contributed by atoms with van der Waals surface area (Å²) in [7, 11) is 0. The van der Waals surface area contributed by atoms with Crippen molar-refractivity contribution in [1.29, 1.82) is 0 Å². The zero-order valence-electron chi connectivity index (χ0n) is 30.9. The molecule has 1 aromatic heterocycles. The Balaban J connectivity index is 1.09. The first-order valence-corrected chi connectivity index (χ1v) is 19.8. The van der Waals surface area contributed by atoms with Crippen LogP contribution in [0.4, 0.5) is 17.1 Å². The lowest BCUT2D eigenvalue weighted by Crippen LogP contribution is -2.16. The molecule has 8 aromatic carbocycles. The molecule has 54 heavy (non-hydrogen) atoms. The van der Waals surface area contributed by atoms with Crippen molar-refractivity contribution in [3.05, 3.63) is 186 Å². The lowest BCUT2D eigenvalue weighted by Gasteiger charge is -2.30. The van der Waals surface area contributed by atoms with Gasteiger partial charge in [0.05, 0.1) is 5.69 Å². The SMILES string of the molecule is CC1(C)c2ccccc2-c2cc(N(c3ccc(-c4ccc5sc6ccc7ccccc7c6c5c4)cc3)c3cccc4c3-c3ccccc3C4(C)C)ccc21. The summed E-state index contributed by atoms with van der Waals surface area (Å²) < 4.78 is 2.67. The predicted octanol–water partition coefficient (Wildman–Crippen LogP) is 15.0. The van der Waals surface area contributed by atoms with E-state index in [4.69, 9.17) is 0 Å². The summed E-state index contributed by atoms with van der Waals surface area (Å²) >= 11 is 1.88. The van der Waals surface area contributed by atoms with Crippen LogP contribution in [0.15, 0.2) is 164 Å². The van der Waals surface area contributed by atoms with Crippen molar-refractivity contribution in [3.63, 3.8) is 0 Å². The fourth-order valence-electron chi connectivity index (χ4n) is 9.73. The molecule has 1 nitrogen and oxygen atoms in total. The summed E-state index contributed by atoms with van der Waals surface area (Å²) in [4.78, 5) is 2.50. The molecule has 0 spiro atoms. The van der Waals surface area contributed by atoms with Crippen molar-refractivity contribution in [3.8, 4) is 33.4 Å². The lowest BCUT2D eigenvalue weighted by atomic mass is 9.82. The maximum Gasteiger partial charge on any atom is 0.0543 e. The summed E-state index contributed by atoms with van der Waals surface area (Å²) in [6.07, 6.45) is 0.